The smallest absolute Gasteiger partial charge is 0.119 e. The molecule has 0 aliphatic carbocycles. The summed E-state index contributed by atoms with van der Waals surface area (Å²) in [5.74, 6) is 0.810. The Morgan fingerprint density at radius 1 is 1.50 bits per heavy atom. The Kier molecular flexibility index (Phi) is 6.47. The van der Waals surface area contributed by atoms with Gasteiger partial charge in [-0.1, -0.05) is 25.1 Å². The van der Waals surface area contributed by atoms with Crippen LogP contribution in [0, 0.1) is 0 Å². The van der Waals surface area contributed by atoms with Gasteiger partial charge in [-0.05, 0) is 31.0 Å². The zero-order chi connectivity index (χ0) is 13.4. The predicted octanol–water partition coefficient (Wildman–Crippen LogP) is 2.15. The maximum absolute atomic E-state index is 9.76. The number of aryl methyl sites for hydroxylation is 1. The van der Waals surface area contributed by atoms with Crippen LogP contribution >= 0.6 is 0 Å². The summed E-state index contributed by atoms with van der Waals surface area (Å²) in [7, 11) is 0. The maximum Gasteiger partial charge on any atom is 0.119 e. The van der Waals surface area contributed by atoms with Gasteiger partial charge in [0.25, 0.3) is 0 Å². The van der Waals surface area contributed by atoms with E-state index >= 15 is 0 Å². The second-order valence-electron chi connectivity index (χ2n) is 4.40. The maximum atomic E-state index is 9.76. The molecule has 1 rings (SSSR count). The number of benzene rings is 1. The van der Waals surface area contributed by atoms with E-state index in [1.54, 1.807) is 6.08 Å². The van der Waals surface area contributed by atoms with Gasteiger partial charge in [0.05, 0.1) is 0 Å². The first-order chi connectivity index (χ1) is 8.65. The minimum absolute atomic E-state index is 0.197. The summed E-state index contributed by atoms with van der Waals surface area (Å²) < 4.78 is 5.56. The van der Waals surface area contributed by atoms with E-state index in [1.807, 2.05) is 25.1 Å². The number of hydrogen-bond acceptors (Lipinski definition) is 3. The quantitative estimate of drug-likeness (QED) is 0.694. The molecule has 0 saturated heterocycles. The molecule has 0 heterocycles. The predicted molar refractivity (Wildman–Crippen MR) is 75.0 cm³/mol. The first-order valence-corrected chi connectivity index (χ1v) is 6.41. The van der Waals surface area contributed by atoms with Crippen LogP contribution in [0.4, 0.5) is 0 Å². The SMILES string of the molecule is C=CC(C)NCC(O)COc1cccc(CC)c1. The largest absolute Gasteiger partial charge is 0.491 e. The van der Waals surface area contributed by atoms with Crippen LogP contribution in [0.15, 0.2) is 36.9 Å². The molecule has 1 aromatic rings. The number of rotatable bonds is 8. The number of nitrogens with one attached hydrogen (secondary N) is 1. The van der Waals surface area contributed by atoms with Crippen LogP contribution in [-0.4, -0.2) is 30.4 Å². The van der Waals surface area contributed by atoms with E-state index in [0.29, 0.717) is 13.2 Å². The van der Waals surface area contributed by atoms with E-state index < -0.39 is 6.10 Å². The van der Waals surface area contributed by atoms with Crippen molar-refractivity contribution in [3.8, 4) is 5.75 Å². The molecule has 1 aromatic carbocycles. The van der Waals surface area contributed by atoms with Crippen LogP contribution in [0.25, 0.3) is 0 Å². The molecule has 0 aromatic heterocycles. The van der Waals surface area contributed by atoms with Gasteiger partial charge in [-0.25, -0.2) is 0 Å². The standard InChI is InChI=1S/C15H23NO2/c1-4-12(3)16-10-14(17)11-18-15-8-6-7-13(5-2)9-15/h4,6-9,12,14,16-17H,1,5,10-11H2,2-3H3. The van der Waals surface area contributed by atoms with Crippen molar-refractivity contribution in [2.75, 3.05) is 13.2 Å². The second-order valence-corrected chi connectivity index (χ2v) is 4.40. The third kappa shape index (κ3) is 5.34. The molecular weight excluding hydrogens is 226 g/mol. The molecule has 0 fully saturated rings. The Bertz CT molecular complexity index is 365. The lowest BCUT2D eigenvalue weighted by molar-refractivity contribution is 0.105. The number of hydrogen-bond donors (Lipinski definition) is 2. The Hall–Kier alpha value is -1.32. The molecule has 18 heavy (non-hydrogen) atoms. The minimum atomic E-state index is -0.516. The first kappa shape index (κ1) is 14.7. The number of ether oxygens (including phenoxy) is 1. The zero-order valence-corrected chi connectivity index (χ0v) is 11.2. The van der Waals surface area contributed by atoms with Crippen molar-refractivity contribution >= 4 is 0 Å². The van der Waals surface area contributed by atoms with Crippen LogP contribution in [0.1, 0.15) is 19.4 Å². The minimum Gasteiger partial charge on any atom is -0.491 e. The Balaban J connectivity index is 2.32. The molecule has 2 atom stereocenters. The van der Waals surface area contributed by atoms with Crippen molar-refractivity contribution in [1.29, 1.82) is 0 Å². The van der Waals surface area contributed by atoms with Gasteiger partial charge in [-0.15, -0.1) is 6.58 Å². The van der Waals surface area contributed by atoms with Crippen molar-refractivity contribution in [1.82, 2.24) is 5.32 Å². The molecular formula is C15H23NO2. The summed E-state index contributed by atoms with van der Waals surface area (Å²) in [6, 6.07) is 8.15. The highest BCUT2D eigenvalue weighted by atomic mass is 16.5. The molecule has 100 valence electrons. The molecule has 0 aliphatic heterocycles. The Morgan fingerprint density at radius 3 is 2.94 bits per heavy atom. The van der Waals surface area contributed by atoms with Gasteiger partial charge in [0.15, 0.2) is 0 Å². The average molecular weight is 249 g/mol. The van der Waals surface area contributed by atoms with Crippen molar-refractivity contribution in [3.63, 3.8) is 0 Å². The summed E-state index contributed by atoms with van der Waals surface area (Å²) in [6.07, 6.45) is 2.27. The van der Waals surface area contributed by atoms with Crippen molar-refractivity contribution in [2.24, 2.45) is 0 Å². The summed E-state index contributed by atoms with van der Waals surface area (Å²) >= 11 is 0. The highest BCUT2D eigenvalue weighted by Gasteiger charge is 2.06. The summed E-state index contributed by atoms with van der Waals surface area (Å²) in [5.41, 5.74) is 1.24. The van der Waals surface area contributed by atoms with Crippen LogP contribution in [0.3, 0.4) is 0 Å². The highest BCUT2D eigenvalue weighted by Crippen LogP contribution is 2.13. The van der Waals surface area contributed by atoms with E-state index in [9.17, 15) is 5.11 Å². The fourth-order valence-corrected chi connectivity index (χ4v) is 1.51. The summed E-state index contributed by atoms with van der Waals surface area (Å²) in [6.45, 7) is 8.57. The Labute approximate surface area is 109 Å². The van der Waals surface area contributed by atoms with Crippen molar-refractivity contribution < 1.29 is 9.84 Å². The van der Waals surface area contributed by atoms with Crippen LogP contribution in [0.5, 0.6) is 5.75 Å². The first-order valence-electron chi connectivity index (χ1n) is 6.41. The van der Waals surface area contributed by atoms with Gasteiger partial charge >= 0.3 is 0 Å². The van der Waals surface area contributed by atoms with Gasteiger partial charge in [0.1, 0.15) is 18.5 Å². The van der Waals surface area contributed by atoms with Gasteiger partial charge in [0, 0.05) is 12.6 Å². The second kappa shape index (κ2) is 7.90. The lowest BCUT2D eigenvalue weighted by atomic mass is 10.2. The zero-order valence-electron chi connectivity index (χ0n) is 11.2. The molecule has 0 bridgehead atoms. The molecule has 0 spiro atoms. The van der Waals surface area contributed by atoms with Gasteiger partial charge in [-0.2, -0.15) is 0 Å². The summed E-state index contributed by atoms with van der Waals surface area (Å²) in [4.78, 5) is 0. The molecule has 3 heteroatoms. The fraction of sp³-hybridized carbons (Fsp3) is 0.467. The third-order valence-corrected chi connectivity index (χ3v) is 2.78. The van der Waals surface area contributed by atoms with E-state index in [0.717, 1.165) is 12.2 Å². The molecule has 0 amide bonds. The molecule has 2 N–H and O–H groups in total. The average Bonchev–Trinajstić information content (AvgIpc) is 2.42. The topological polar surface area (TPSA) is 41.5 Å². The van der Waals surface area contributed by atoms with Crippen LogP contribution < -0.4 is 10.1 Å². The monoisotopic (exact) mass is 249 g/mol. The molecule has 3 nitrogen and oxygen atoms in total. The van der Waals surface area contributed by atoms with E-state index in [4.69, 9.17) is 4.74 Å². The normalized spacial score (nSPS) is 13.9. The van der Waals surface area contributed by atoms with Crippen molar-refractivity contribution in [3.05, 3.63) is 42.5 Å². The molecule has 0 saturated carbocycles. The number of aliphatic hydroxyl groups is 1. The third-order valence-electron chi connectivity index (χ3n) is 2.78. The van der Waals surface area contributed by atoms with Crippen LogP contribution in [-0.2, 0) is 6.42 Å². The molecule has 2 unspecified atom stereocenters. The van der Waals surface area contributed by atoms with E-state index in [2.05, 4.69) is 24.9 Å². The van der Waals surface area contributed by atoms with Crippen LogP contribution in [0.2, 0.25) is 0 Å². The fourth-order valence-electron chi connectivity index (χ4n) is 1.51. The van der Waals surface area contributed by atoms with Crippen molar-refractivity contribution in [2.45, 2.75) is 32.4 Å². The lowest BCUT2D eigenvalue weighted by Gasteiger charge is -2.15. The summed E-state index contributed by atoms with van der Waals surface area (Å²) in [5, 5.41) is 12.9. The number of aliphatic hydroxyl groups excluding tert-OH is 1. The van der Waals surface area contributed by atoms with Gasteiger partial charge in [-0.3, -0.25) is 0 Å². The van der Waals surface area contributed by atoms with E-state index in [1.165, 1.54) is 5.56 Å². The molecule has 0 radical (unpaired) electrons. The lowest BCUT2D eigenvalue weighted by Crippen LogP contribution is -2.35. The Morgan fingerprint density at radius 2 is 2.28 bits per heavy atom. The highest BCUT2D eigenvalue weighted by molar-refractivity contribution is 5.28. The van der Waals surface area contributed by atoms with E-state index in [-0.39, 0.29) is 6.04 Å². The molecule has 0 aliphatic rings. The van der Waals surface area contributed by atoms with Gasteiger partial charge in [0.2, 0.25) is 0 Å². The van der Waals surface area contributed by atoms with Gasteiger partial charge < -0.3 is 15.2 Å².